The summed E-state index contributed by atoms with van der Waals surface area (Å²) in [7, 11) is 1.39. The van der Waals surface area contributed by atoms with Gasteiger partial charge in [-0.05, 0) is 71.7 Å². The lowest BCUT2D eigenvalue weighted by molar-refractivity contribution is -0.116. The van der Waals surface area contributed by atoms with Crippen LogP contribution in [0.15, 0.2) is 66.9 Å². The first-order valence-electron chi connectivity index (χ1n) is 12.2. The molecule has 0 spiro atoms. The summed E-state index contributed by atoms with van der Waals surface area (Å²) in [5.41, 5.74) is 3.00. The van der Waals surface area contributed by atoms with Crippen LogP contribution in [0.25, 0.3) is 17.0 Å². The number of ether oxygens (including phenoxy) is 3. The van der Waals surface area contributed by atoms with E-state index in [4.69, 9.17) is 14.2 Å². The third-order valence-corrected chi connectivity index (χ3v) is 6.41. The molecule has 2 aliphatic rings. The molecule has 2 aliphatic heterocycles. The van der Waals surface area contributed by atoms with Crippen LogP contribution in [0.3, 0.4) is 0 Å². The van der Waals surface area contributed by atoms with E-state index >= 15 is 0 Å². The number of aliphatic hydroxyl groups is 2. The van der Waals surface area contributed by atoms with Crippen LogP contribution in [0.5, 0.6) is 28.7 Å². The molecular formula is C29H28N2O7. The third-order valence-electron chi connectivity index (χ3n) is 6.41. The maximum absolute atomic E-state index is 12.3. The van der Waals surface area contributed by atoms with E-state index in [2.05, 4.69) is 10.3 Å². The van der Waals surface area contributed by atoms with Crippen LogP contribution in [0, 0.1) is 0 Å². The number of nitrogens with one attached hydrogen (secondary N) is 2. The van der Waals surface area contributed by atoms with E-state index in [1.54, 1.807) is 36.4 Å². The molecule has 9 nitrogen and oxygen atoms in total. The van der Waals surface area contributed by atoms with Gasteiger partial charge in [0.25, 0.3) is 0 Å². The lowest BCUT2D eigenvalue weighted by Gasteiger charge is -2.24. The number of aromatic hydroxyl groups is 1. The van der Waals surface area contributed by atoms with E-state index in [-0.39, 0.29) is 23.2 Å². The molecule has 0 radical (unpaired) electrons. The number of aromatic nitrogens is 1. The number of hydrogen-bond acceptors (Lipinski definition) is 7. The Hall–Kier alpha value is -4.47. The molecule has 0 fully saturated rings. The van der Waals surface area contributed by atoms with Crippen molar-refractivity contribution in [3.8, 4) is 28.7 Å². The number of carbonyl (C=O) groups excluding carboxylic acids is 1. The van der Waals surface area contributed by atoms with Crippen molar-refractivity contribution < 1.29 is 34.3 Å². The number of phenols is 1. The van der Waals surface area contributed by atoms with Crippen molar-refractivity contribution in [3.05, 3.63) is 83.6 Å². The molecule has 196 valence electrons. The fourth-order valence-electron chi connectivity index (χ4n) is 4.36. The van der Waals surface area contributed by atoms with E-state index in [1.807, 2.05) is 18.3 Å². The Labute approximate surface area is 218 Å². The Bertz CT molecular complexity index is 1480. The van der Waals surface area contributed by atoms with Crippen LogP contribution in [0.1, 0.15) is 22.8 Å². The molecule has 6 bridgehead atoms. The van der Waals surface area contributed by atoms with Gasteiger partial charge < -0.3 is 39.8 Å². The molecule has 3 aromatic carbocycles. The summed E-state index contributed by atoms with van der Waals surface area (Å²) < 4.78 is 17.2. The lowest BCUT2D eigenvalue weighted by Crippen LogP contribution is -2.29. The highest BCUT2D eigenvalue weighted by molar-refractivity contribution is 5.91. The van der Waals surface area contributed by atoms with Gasteiger partial charge in [0.1, 0.15) is 17.6 Å². The molecule has 9 heteroatoms. The van der Waals surface area contributed by atoms with Gasteiger partial charge in [0.05, 0.1) is 13.7 Å². The fraction of sp³-hybridized carbons (Fsp3) is 0.207. The van der Waals surface area contributed by atoms with Crippen molar-refractivity contribution in [3.63, 3.8) is 0 Å². The number of phenolic OH excluding ortho intramolecular Hbond substituents is 1. The topological polar surface area (TPSA) is 133 Å². The molecule has 5 N–H and O–H groups in total. The Morgan fingerprint density at radius 2 is 1.84 bits per heavy atom. The largest absolute Gasteiger partial charge is 0.502 e. The van der Waals surface area contributed by atoms with Gasteiger partial charge in [-0.1, -0.05) is 12.1 Å². The van der Waals surface area contributed by atoms with Crippen LogP contribution in [0.2, 0.25) is 0 Å². The Kier molecular flexibility index (Phi) is 7.21. The Morgan fingerprint density at radius 3 is 2.61 bits per heavy atom. The van der Waals surface area contributed by atoms with Crippen molar-refractivity contribution >= 4 is 22.9 Å². The van der Waals surface area contributed by atoms with E-state index in [0.29, 0.717) is 30.0 Å². The number of amides is 1. The van der Waals surface area contributed by atoms with Gasteiger partial charge in [0.2, 0.25) is 11.7 Å². The summed E-state index contributed by atoms with van der Waals surface area (Å²) in [6.07, 6.45) is 3.36. The van der Waals surface area contributed by atoms with E-state index in [0.717, 1.165) is 22.0 Å². The number of H-pyrrole nitrogens is 1. The van der Waals surface area contributed by atoms with Crippen molar-refractivity contribution in [2.75, 3.05) is 20.3 Å². The van der Waals surface area contributed by atoms with Crippen molar-refractivity contribution in [1.82, 2.24) is 10.3 Å². The molecule has 6 rings (SSSR count). The molecular weight excluding hydrogens is 488 g/mol. The monoisotopic (exact) mass is 516 g/mol. The summed E-state index contributed by atoms with van der Waals surface area (Å²) in [6, 6.07) is 15.3. The number of benzene rings is 3. The number of methoxy groups -OCH3 is 1. The first kappa shape index (κ1) is 25.2. The Morgan fingerprint density at radius 1 is 1.05 bits per heavy atom. The smallest absolute Gasteiger partial charge is 0.244 e. The highest BCUT2D eigenvalue weighted by Gasteiger charge is 2.26. The molecule has 2 unspecified atom stereocenters. The number of hydrogen-bond donors (Lipinski definition) is 5. The second-order valence-corrected chi connectivity index (χ2v) is 8.92. The molecule has 1 amide bonds. The van der Waals surface area contributed by atoms with Crippen LogP contribution in [0.4, 0.5) is 0 Å². The van der Waals surface area contributed by atoms with Gasteiger partial charge in [-0.2, -0.15) is 0 Å². The van der Waals surface area contributed by atoms with Crippen LogP contribution in [-0.2, 0) is 11.2 Å². The molecule has 3 heterocycles. The SMILES string of the molecule is COc1cc2cc(c1O)Oc1ccc(cc1)C=CC(=O)NCCc1c[nH]c3ccc(cc13)OC(CO)C2O. The highest BCUT2D eigenvalue weighted by Crippen LogP contribution is 2.42. The second kappa shape index (κ2) is 10.9. The standard InChI is InChI=1S/C29H28N2O7/c1-36-24-12-19-13-25(29(24)35)37-20-5-2-17(3-6-20)4-9-27(33)30-11-10-18-15-31-23-8-7-21(14-22(18)23)38-26(16-32)28(19)34/h2-9,12-15,26,28,31-32,34-35H,10-11,16H2,1H3,(H,30,33). The summed E-state index contributed by atoms with van der Waals surface area (Å²) in [4.78, 5) is 15.5. The van der Waals surface area contributed by atoms with E-state index < -0.39 is 18.8 Å². The van der Waals surface area contributed by atoms with Gasteiger partial charge >= 0.3 is 0 Å². The number of fused-ring (bicyclic) bond motifs is 8. The number of rotatable bonds is 2. The van der Waals surface area contributed by atoms with Crippen molar-refractivity contribution in [2.24, 2.45) is 0 Å². The quantitative estimate of drug-likeness (QED) is 0.273. The van der Waals surface area contributed by atoms with Gasteiger partial charge in [-0.25, -0.2) is 0 Å². The predicted molar refractivity (Wildman–Crippen MR) is 142 cm³/mol. The van der Waals surface area contributed by atoms with Crippen molar-refractivity contribution in [1.29, 1.82) is 0 Å². The molecule has 38 heavy (non-hydrogen) atoms. The molecule has 1 aromatic heterocycles. The summed E-state index contributed by atoms with van der Waals surface area (Å²) in [6.45, 7) is -0.0357. The fourth-order valence-corrected chi connectivity index (χ4v) is 4.36. The molecule has 0 saturated carbocycles. The summed E-state index contributed by atoms with van der Waals surface area (Å²) in [5, 5.41) is 35.7. The van der Waals surface area contributed by atoms with Gasteiger partial charge in [-0.15, -0.1) is 0 Å². The van der Waals surface area contributed by atoms with Gasteiger partial charge in [0, 0.05) is 29.7 Å². The normalized spacial score (nSPS) is 17.9. The lowest BCUT2D eigenvalue weighted by atomic mass is 10.0. The predicted octanol–water partition coefficient (Wildman–Crippen LogP) is 3.83. The van der Waals surface area contributed by atoms with Gasteiger partial charge in [0.15, 0.2) is 17.6 Å². The zero-order valence-electron chi connectivity index (χ0n) is 20.7. The molecule has 2 atom stereocenters. The first-order chi connectivity index (χ1) is 18.4. The number of carbonyl (C=O) groups is 1. The maximum atomic E-state index is 12.3. The first-order valence-corrected chi connectivity index (χ1v) is 12.2. The minimum Gasteiger partial charge on any atom is -0.502 e. The van der Waals surface area contributed by atoms with Gasteiger partial charge in [-0.3, -0.25) is 4.79 Å². The van der Waals surface area contributed by atoms with E-state index in [9.17, 15) is 20.1 Å². The number of aromatic amines is 1. The second-order valence-electron chi connectivity index (χ2n) is 8.92. The average Bonchev–Trinajstić information content (AvgIpc) is 3.33. The van der Waals surface area contributed by atoms with Crippen LogP contribution >= 0.6 is 0 Å². The van der Waals surface area contributed by atoms with E-state index in [1.165, 1.54) is 25.3 Å². The minimum atomic E-state index is -1.27. The highest BCUT2D eigenvalue weighted by atomic mass is 16.5. The summed E-state index contributed by atoms with van der Waals surface area (Å²) >= 11 is 0. The zero-order valence-corrected chi connectivity index (χ0v) is 20.7. The molecule has 0 aliphatic carbocycles. The number of aliphatic hydroxyl groups excluding tert-OH is 2. The third kappa shape index (κ3) is 5.29. The Balaban J connectivity index is 1.56. The maximum Gasteiger partial charge on any atom is 0.244 e. The summed E-state index contributed by atoms with van der Waals surface area (Å²) in [5.74, 6) is 0.573. The average molecular weight is 517 g/mol. The van der Waals surface area contributed by atoms with Crippen LogP contribution < -0.4 is 19.5 Å². The van der Waals surface area contributed by atoms with Crippen LogP contribution in [-0.4, -0.2) is 52.6 Å². The molecule has 4 aromatic rings. The molecule has 0 saturated heterocycles. The minimum absolute atomic E-state index is 0.0574. The zero-order chi connectivity index (χ0) is 26.6. The van der Waals surface area contributed by atoms with Crippen molar-refractivity contribution in [2.45, 2.75) is 18.6 Å².